The zero-order chi connectivity index (χ0) is 11.9. The van der Waals surface area contributed by atoms with Crippen molar-refractivity contribution >= 4 is 27.5 Å². The molecule has 0 amide bonds. The highest BCUT2D eigenvalue weighted by Crippen LogP contribution is 2.28. The molecule has 0 saturated carbocycles. The Kier molecular flexibility index (Phi) is 2.63. The Morgan fingerprint density at radius 3 is 2.56 bits per heavy atom. The van der Waals surface area contributed by atoms with Crippen molar-refractivity contribution in [2.75, 3.05) is 7.11 Å². The van der Waals surface area contributed by atoms with E-state index in [1.54, 1.807) is 19.1 Å². The smallest absolute Gasteiger partial charge is 0.247 e. The number of allylic oxidation sites excluding steroid dienone is 2. The van der Waals surface area contributed by atoms with Crippen molar-refractivity contribution < 1.29 is 14.3 Å². The minimum Gasteiger partial charge on any atom is -0.491 e. The van der Waals surface area contributed by atoms with Crippen molar-refractivity contribution in [3.8, 4) is 0 Å². The third kappa shape index (κ3) is 1.48. The fourth-order valence-corrected chi connectivity index (χ4v) is 2.08. The van der Waals surface area contributed by atoms with Crippen molar-refractivity contribution in [3.05, 3.63) is 39.3 Å². The number of hydrogen-bond donors (Lipinski definition) is 0. The first-order valence-electron chi connectivity index (χ1n) is 4.57. The fraction of sp³-hybridized carbons (Fsp3) is 0.182. The number of fused-ring (bicyclic) bond motifs is 1. The van der Waals surface area contributed by atoms with Gasteiger partial charge in [0, 0.05) is 5.69 Å². The summed E-state index contributed by atoms with van der Waals surface area (Å²) in [7, 11) is 1.35. The fourth-order valence-electron chi connectivity index (χ4n) is 1.52. The maximum Gasteiger partial charge on any atom is 0.247 e. The number of Topliss-reactive ketones (excluding diaryl/α,β-unsaturated/α-hetero) is 2. The Morgan fingerprint density at radius 1 is 1.25 bits per heavy atom. The van der Waals surface area contributed by atoms with Crippen LogP contribution in [0.2, 0.25) is 0 Å². The van der Waals surface area contributed by atoms with Crippen LogP contribution in [0.3, 0.4) is 0 Å². The van der Waals surface area contributed by atoms with Gasteiger partial charge < -0.3 is 4.74 Å². The van der Waals surface area contributed by atoms with Crippen LogP contribution >= 0.6 is 15.9 Å². The van der Waals surface area contributed by atoms with E-state index < -0.39 is 0 Å². The molecule has 0 bridgehead atoms. The van der Waals surface area contributed by atoms with E-state index in [-0.39, 0.29) is 27.5 Å². The SMILES string of the molecule is COC1=C(Br)C(=O)c2ccc(C)nc2C1=O. The number of carbonyl (C=O) groups excluding carboxylic acids is 2. The third-order valence-electron chi connectivity index (χ3n) is 2.30. The highest BCUT2D eigenvalue weighted by Gasteiger charge is 2.33. The van der Waals surface area contributed by atoms with Gasteiger partial charge in [0.05, 0.1) is 12.7 Å². The first-order valence-corrected chi connectivity index (χ1v) is 5.36. The number of pyridine rings is 1. The summed E-state index contributed by atoms with van der Waals surface area (Å²) in [5.41, 5.74) is 1.15. The zero-order valence-electron chi connectivity index (χ0n) is 8.70. The molecule has 4 nitrogen and oxygen atoms in total. The van der Waals surface area contributed by atoms with Crippen molar-refractivity contribution in [2.45, 2.75) is 6.92 Å². The Morgan fingerprint density at radius 2 is 1.94 bits per heavy atom. The number of aromatic nitrogens is 1. The van der Waals surface area contributed by atoms with Crippen LogP contribution in [0, 0.1) is 6.92 Å². The van der Waals surface area contributed by atoms with E-state index in [1.807, 2.05) is 0 Å². The van der Waals surface area contributed by atoms with Crippen molar-refractivity contribution in [2.24, 2.45) is 0 Å². The van der Waals surface area contributed by atoms with Crippen LogP contribution in [-0.2, 0) is 4.74 Å². The van der Waals surface area contributed by atoms with E-state index in [1.165, 1.54) is 7.11 Å². The third-order valence-corrected chi connectivity index (χ3v) is 3.02. The topological polar surface area (TPSA) is 56.3 Å². The Hall–Kier alpha value is -1.49. The molecule has 0 unspecified atom stereocenters. The van der Waals surface area contributed by atoms with Gasteiger partial charge in [-0.25, -0.2) is 4.98 Å². The van der Waals surface area contributed by atoms with Gasteiger partial charge in [-0.1, -0.05) is 0 Å². The second-order valence-electron chi connectivity index (χ2n) is 3.35. The molecule has 0 atom stereocenters. The lowest BCUT2D eigenvalue weighted by atomic mass is 9.98. The molecule has 16 heavy (non-hydrogen) atoms. The Bertz CT molecular complexity index is 534. The van der Waals surface area contributed by atoms with E-state index in [0.717, 1.165) is 0 Å². The van der Waals surface area contributed by atoms with Crippen LogP contribution < -0.4 is 0 Å². The van der Waals surface area contributed by atoms with Gasteiger partial charge in [0.25, 0.3) is 0 Å². The second-order valence-corrected chi connectivity index (χ2v) is 4.15. The lowest BCUT2D eigenvalue weighted by molar-refractivity contribution is 0.0909. The number of hydrogen-bond acceptors (Lipinski definition) is 4. The summed E-state index contributed by atoms with van der Waals surface area (Å²) in [6.45, 7) is 1.76. The molecule has 0 N–H and O–H groups in total. The van der Waals surface area contributed by atoms with Crippen molar-refractivity contribution in [3.63, 3.8) is 0 Å². The van der Waals surface area contributed by atoms with Gasteiger partial charge in [0.1, 0.15) is 10.2 Å². The summed E-state index contributed by atoms with van der Waals surface area (Å²) in [5, 5.41) is 0. The number of rotatable bonds is 1. The molecule has 0 aromatic carbocycles. The van der Waals surface area contributed by atoms with Crippen LogP contribution in [0.1, 0.15) is 26.5 Å². The molecule has 0 spiro atoms. The summed E-state index contributed by atoms with van der Waals surface area (Å²) in [6.07, 6.45) is 0. The number of carbonyl (C=O) groups is 2. The molecule has 0 saturated heterocycles. The molecule has 1 aliphatic rings. The van der Waals surface area contributed by atoms with Gasteiger partial charge in [-0.05, 0) is 35.0 Å². The molecular formula is C11H8BrNO3. The molecule has 1 aliphatic carbocycles. The highest BCUT2D eigenvalue weighted by atomic mass is 79.9. The molecule has 5 heteroatoms. The number of ether oxygens (including phenoxy) is 1. The van der Waals surface area contributed by atoms with Crippen LogP contribution in [0.15, 0.2) is 22.4 Å². The Labute approximate surface area is 100 Å². The van der Waals surface area contributed by atoms with E-state index in [2.05, 4.69) is 20.9 Å². The number of methoxy groups -OCH3 is 1. The molecule has 1 aromatic rings. The summed E-state index contributed by atoms with van der Waals surface area (Å²) in [5.74, 6) is -0.637. The van der Waals surface area contributed by atoms with Gasteiger partial charge in [-0.2, -0.15) is 0 Å². The minimum atomic E-state index is -0.368. The average Bonchev–Trinajstić information content (AvgIpc) is 2.27. The standard InChI is InChI=1S/C11H8BrNO3/c1-5-3-4-6-8(13-5)10(15)11(16-2)7(12)9(6)14/h3-4H,1-2H3. The van der Waals surface area contributed by atoms with Crippen LogP contribution in [0.25, 0.3) is 0 Å². The van der Waals surface area contributed by atoms with E-state index in [0.29, 0.717) is 11.3 Å². The second kappa shape index (κ2) is 3.83. The first kappa shape index (κ1) is 11.0. The van der Waals surface area contributed by atoms with Crippen LogP contribution in [0.4, 0.5) is 0 Å². The minimum absolute atomic E-state index is 0.00981. The van der Waals surface area contributed by atoms with Gasteiger partial charge in [-0.15, -0.1) is 0 Å². The molecular weight excluding hydrogens is 274 g/mol. The Balaban J connectivity index is 2.69. The lowest BCUT2D eigenvalue weighted by Gasteiger charge is -2.16. The normalized spacial score (nSPS) is 15.2. The number of ketones is 2. The summed E-state index contributed by atoms with van der Waals surface area (Å²) >= 11 is 3.07. The van der Waals surface area contributed by atoms with Gasteiger partial charge >= 0.3 is 0 Å². The monoisotopic (exact) mass is 281 g/mol. The summed E-state index contributed by atoms with van der Waals surface area (Å²) in [6, 6.07) is 3.30. The molecule has 0 fully saturated rings. The molecule has 2 rings (SSSR count). The van der Waals surface area contributed by atoms with E-state index >= 15 is 0 Å². The van der Waals surface area contributed by atoms with Crippen LogP contribution in [0.5, 0.6) is 0 Å². The maximum atomic E-state index is 11.9. The number of halogens is 1. The molecule has 1 aromatic heterocycles. The first-order chi connectivity index (χ1) is 7.56. The average molecular weight is 282 g/mol. The number of nitrogens with zero attached hydrogens (tertiary/aromatic N) is 1. The quantitative estimate of drug-likeness (QED) is 0.790. The van der Waals surface area contributed by atoms with E-state index in [9.17, 15) is 9.59 Å². The van der Waals surface area contributed by atoms with Gasteiger partial charge in [-0.3, -0.25) is 9.59 Å². The predicted molar refractivity (Wildman–Crippen MR) is 60.6 cm³/mol. The van der Waals surface area contributed by atoms with Crippen molar-refractivity contribution in [1.29, 1.82) is 0 Å². The molecule has 0 aliphatic heterocycles. The highest BCUT2D eigenvalue weighted by molar-refractivity contribution is 9.12. The largest absolute Gasteiger partial charge is 0.491 e. The molecule has 1 heterocycles. The number of aryl methyl sites for hydroxylation is 1. The van der Waals surface area contributed by atoms with Gasteiger partial charge in [0.15, 0.2) is 5.76 Å². The predicted octanol–water partition coefficient (Wildman–Crippen LogP) is 2.02. The van der Waals surface area contributed by atoms with E-state index in [4.69, 9.17) is 4.74 Å². The zero-order valence-corrected chi connectivity index (χ0v) is 10.3. The summed E-state index contributed by atoms with van der Waals surface area (Å²) < 4.78 is 5.06. The maximum absolute atomic E-state index is 11.9. The molecule has 82 valence electrons. The van der Waals surface area contributed by atoms with Gasteiger partial charge in [0.2, 0.25) is 11.6 Å². The van der Waals surface area contributed by atoms with Crippen LogP contribution in [-0.4, -0.2) is 23.7 Å². The summed E-state index contributed by atoms with van der Waals surface area (Å²) in [4.78, 5) is 27.9. The van der Waals surface area contributed by atoms with Crippen molar-refractivity contribution in [1.82, 2.24) is 4.98 Å². The molecule has 0 radical (unpaired) electrons. The lowest BCUT2D eigenvalue weighted by Crippen LogP contribution is -2.22.